The lowest BCUT2D eigenvalue weighted by atomic mass is 9.99. The van der Waals surface area contributed by atoms with Gasteiger partial charge in [-0.2, -0.15) is 0 Å². The molecule has 24 heavy (non-hydrogen) atoms. The van der Waals surface area contributed by atoms with Crippen molar-refractivity contribution in [1.29, 1.82) is 0 Å². The minimum absolute atomic E-state index is 0.237. The van der Waals surface area contributed by atoms with Gasteiger partial charge >= 0.3 is 6.03 Å². The molecule has 3 rings (SSSR count). The van der Waals surface area contributed by atoms with E-state index in [4.69, 9.17) is 4.42 Å². The van der Waals surface area contributed by atoms with E-state index in [0.717, 1.165) is 11.0 Å². The van der Waals surface area contributed by atoms with Crippen LogP contribution in [0.25, 0.3) is 0 Å². The second kappa shape index (κ2) is 5.80. The number of anilines is 1. The molecule has 1 fully saturated rings. The number of hydrogen-bond donors (Lipinski definition) is 2. The Morgan fingerprint density at radius 2 is 2.12 bits per heavy atom. The van der Waals surface area contributed by atoms with E-state index in [2.05, 4.69) is 10.6 Å². The summed E-state index contributed by atoms with van der Waals surface area (Å²) < 4.78 is 18.3. The van der Waals surface area contributed by atoms with E-state index in [-0.39, 0.29) is 11.4 Å². The number of hydrogen-bond acceptors (Lipinski definition) is 4. The van der Waals surface area contributed by atoms with Crippen LogP contribution in [-0.2, 0) is 15.1 Å². The van der Waals surface area contributed by atoms with E-state index in [1.807, 2.05) is 0 Å². The lowest BCUT2D eigenvalue weighted by molar-refractivity contribution is -0.134. The maximum Gasteiger partial charge on any atom is 0.325 e. The molecule has 7 nitrogen and oxygen atoms in total. The SMILES string of the molecule is C[C@@]1(c2ccco2)NC(=O)N(CC(=O)Nc2cccc(F)c2)C1=O. The van der Waals surface area contributed by atoms with Crippen LogP contribution in [0.3, 0.4) is 0 Å². The summed E-state index contributed by atoms with van der Waals surface area (Å²) in [4.78, 5) is 37.4. The van der Waals surface area contributed by atoms with Gasteiger partial charge in [0, 0.05) is 5.69 Å². The maximum absolute atomic E-state index is 13.1. The Morgan fingerprint density at radius 1 is 1.33 bits per heavy atom. The molecule has 1 atom stereocenters. The third-order valence-corrected chi connectivity index (χ3v) is 3.70. The second-order valence-corrected chi connectivity index (χ2v) is 5.48. The molecule has 8 heteroatoms. The average Bonchev–Trinajstić information content (AvgIpc) is 3.12. The maximum atomic E-state index is 13.1. The predicted molar refractivity (Wildman–Crippen MR) is 81.3 cm³/mol. The second-order valence-electron chi connectivity index (χ2n) is 5.48. The molecule has 4 amide bonds. The van der Waals surface area contributed by atoms with Gasteiger partial charge in [-0.05, 0) is 37.3 Å². The van der Waals surface area contributed by atoms with Crippen LogP contribution in [0.4, 0.5) is 14.9 Å². The Labute approximate surface area is 136 Å². The molecule has 124 valence electrons. The van der Waals surface area contributed by atoms with E-state index in [0.29, 0.717) is 0 Å². The lowest BCUT2D eigenvalue weighted by Crippen LogP contribution is -2.41. The highest BCUT2D eigenvalue weighted by Gasteiger charge is 2.51. The number of carbonyl (C=O) groups is 3. The zero-order chi connectivity index (χ0) is 17.3. The lowest BCUT2D eigenvalue weighted by Gasteiger charge is -2.18. The fourth-order valence-electron chi connectivity index (χ4n) is 2.48. The van der Waals surface area contributed by atoms with Crippen molar-refractivity contribution in [1.82, 2.24) is 10.2 Å². The van der Waals surface area contributed by atoms with E-state index in [1.165, 1.54) is 31.4 Å². The van der Waals surface area contributed by atoms with Gasteiger partial charge in [0.15, 0.2) is 5.54 Å². The molecule has 1 aliphatic heterocycles. The minimum Gasteiger partial charge on any atom is -0.466 e. The fraction of sp³-hybridized carbons (Fsp3) is 0.188. The standard InChI is InChI=1S/C16H14FN3O4/c1-16(12-6-3-7-24-12)14(22)20(15(23)19-16)9-13(21)18-11-5-2-4-10(17)8-11/h2-8H,9H2,1H3,(H,18,21)(H,19,23)/t16-/m0/s1. The molecule has 0 radical (unpaired) electrons. The normalized spacial score (nSPS) is 20.2. The topological polar surface area (TPSA) is 91.7 Å². The summed E-state index contributed by atoms with van der Waals surface area (Å²) in [6, 6.07) is 7.77. The Hall–Kier alpha value is -3.16. The van der Waals surface area contributed by atoms with Crippen molar-refractivity contribution >= 4 is 23.5 Å². The first-order chi connectivity index (χ1) is 11.4. The van der Waals surface area contributed by atoms with Crippen LogP contribution in [0.5, 0.6) is 0 Å². The van der Waals surface area contributed by atoms with Crippen LogP contribution < -0.4 is 10.6 Å². The van der Waals surface area contributed by atoms with Crippen molar-refractivity contribution in [3.05, 3.63) is 54.2 Å². The highest BCUT2D eigenvalue weighted by Crippen LogP contribution is 2.28. The van der Waals surface area contributed by atoms with Gasteiger partial charge < -0.3 is 15.1 Å². The number of halogens is 1. The van der Waals surface area contributed by atoms with Crippen LogP contribution in [-0.4, -0.2) is 29.3 Å². The summed E-state index contributed by atoms with van der Waals surface area (Å²) in [5, 5.41) is 4.95. The van der Waals surface area contributed by atoms with E-state index in [9.17, 15) is 18.8 Å². The number of rotatable bonds is 4. The Morgan fingerprint density at radius 3 is 2.79 bits per heavy atom. The highest BCUT2D eigenvalue weighted by atomic mass is 19.1. The van der Waals surface area contributed by atoms with Gasteiger partial charge in [0.05, 0.1) is 6.26 Å². The molecule has 0 bridgehead atoms. The third-order valence-electron chi connectivity index (χ3n) is 3.70. The molecular formula is C16H14FN3O4. The number of furan rings is 1. The average molecular weight is 331 g/mol. The van der Waals surface area contributed by atoms with Crippen molar-refractivity contribution in [3.8, 4) is 0 Å². The van der Waals surface area contributed by atoms with Gasteiger partial charge in [-0.25, -0.2) is 9.18 Å². The van der Waals surface area contributed by atoms with Crippen molar-refractivity contribution in [2.45, 2.75) is 12.5 Å². The van der Waals surface area contributed by atoms with Gasteiger partial charge in [0.1, 0.15) is 18.1 Å². The predicted octanol–water partition coefficient (Wildman–Crippen LogP) is 1.82. The number of imide groups is 1. The summed E-state index contributed by atoms with van der Waals surface area (Å²) in [6.45, 7) is 1.01. The first kappa shape index (κ1) is 15.7. The smallest absolute Gasteiger partial charge is 0.325 e. The van der Waals surface area contributed by atoms with Gasteiger partial charge in [0.25, 0.3) is 5.91 Å². The van der Waals surface area contributed by atoms with Gasteiger partial charge in [0.2, 0.25) is 5.91 Å². The largest absolute Gasteiger partial charge is 0.466 e. The van der Waals surface area contributed by atoms with Crippen LogP contribution in [0, 0.1) is 5.82 Å². The fourth-order valence-corrected chi connectivity index (χ4v) is 2.48. The Balaban J connectivity index is 1.72. The van der Waals surface area contributed by atoms with Crippen LogP contribution in [0.1, 0.15) is 12.7 Å². The summed E-state index contributed by atoms with van der Waals surface area (Å²) in [5.74, 6) is -1.45. The van der Waals surface area contributed by atoms with E-state index >= 15 is 0 Å². The van der Waals surface area contributed by atoms with Crippen LogP contribution in [0.2, 0.25) is 0 Å². The Kier molecular flexibility index (Phi) is 3.80. The van der Waals surface area contributed by atoms with Crippen molar-refractivity contribution in [2.24, 2.45) is 0 Å². The number of nitrogens with zero attached hydrogens (tertiary/aromatic N) is 1. The van der Waals surface area contributed by atoms with E-state index < -0.39 is 35.7 Å². The Bertz CT molecular complexity index is 805. The zero-order valence-corrected chi connectivity index (χ0v) is 12.7. The zero-order valence-electron chi connectivity index (χ0n) is 12.7. The van der Waals surface area contributed by atoms with Crippen LogP contribution >= 0.6 is 0 Å². The molecule has 1 aromatic heterocycles. The molecule has 0 saturated carbocycles. The van der Waals surface area contributed by atoms with Crippen molar-refractivity contribution in [2.75, 3.05) is 11.9 Å². The number of amides is 4. The third kappa shape index (κ3) is 2.73. The number of benzene rings is 1. The molecule has 2 N–H and O–H groups in total. The number of nitrogens with one attached hydrogen (secondary N) is 2. The van der Waals surface area contributed by atoms with Crippen molar-refractivity contribution < 1.29 is 23.2 Å². The molecule has 1 aromatic carbocycles. The summed E-state index contributed by atoms with van der Waals surface area (Å²) >= 11 is 0. The quantitative estimate of drug-likeness (QED) is 0.836. The first-order valence-corrected chi connectivity index (χ1v) is 7.13. The summed E-state index contributed by atoms with van der Waals surface area (Å²) in [5.41, 5.74) is -1.12. The van der Waals surface area contributed by atoms with E-state index in [1.54, 1.807) is 12.1 Å². The van der Waals surface area contributed by atoms with Crippen molar-refractivity contribution in [3.63, 3.8) is 0 Å². The number of carbonyl (C=O) groups excluding carboxylic acids is 3. The minimum atomic E-state index is -1.36. The molecule has 0 aliphatic carbocycles. The van der Waals surface area contributed by atoms with Gasteiger partial charge in [-0.1, -0.05) is 6.07 Å². The molecule has 1 aliphatic rings. The molecule has 2 aromatic rings. The molecule has 2 heterocycles. The first-order valence-electron chi connectivity index (χ1n) is 7.13. The number of urea groups is 1. The molecule has 0 spiro atoms. The highest BCUT2D eigenvalue weighted by molar-refractivity contribution is 6.09. The summed E-state index contributed by atoms with van der Waals surface area (Å²) in [7, 11) is 0. The van der Waals surface area contributed by atoms with Gasteiger partial charge in [-0.3, -0.25) is 14.5 Å². The molecular weight excluding hydrogens is 317 g/mol. The molecule has 0 unspecified atom stereocenters. The van der Waals surface area contributed by atoms with Crippen LogP contribution in [0.15, 0.2) is 47.1 Å². The van der Waals surface area contributed by atoms with Gasteiger partial charge in [-0.15, -0.1) is 0 Å². The summed E-state index contributed by atoms with van der Waals surface area (Å²) in [6.07, 6.45) is 1.39. The monoisotopic (exact) mass is 331 g/mol. The molecule has 1 saturated heterocycles.